The Balaban J connectivity index is 2.59. The van der Waals surface area contributed by atoms with Gasteiger partial charge in [-0.15, -0.1) is 0 Å². The highest BCUT2D eigenvalue weighted by Gasteiger charge is 1.97. The van der Waals surface area contributed by atoms with Gasteiger partial charge in [-0.05, 0) is 6.92 Å². The van der Waals surface area contributed by atoms with Crippen LogP contribution in [0.4, 0.5) is 0 Å². The Bertz CT molecular complexity index is 184. The molecule has 1 aromatic heterocycles. The van der Waals surface area contributed by atoms with Gasteiger partial charge in [0.25, 0.3) is 0 Å². The monoisotopic (exact) mass is 138 g/mol. The lowest BCUT2D eigenvalue weighted by Crippen LogP contribution is -2.19. The first kappa shape index (κ1) is 7.08. The number of hydrogen-bond donors (Lipinski definition) is 1. The largest absolute Gasteiger partial charge is 0.328 e. The second-order valence-electron chi connectivity index (χ2n) is 2.24. The van der Waals surface area contributed by atoms with Gasteiger partial charge in [0.1, 0.15) is 18.5 Å². The summed E-state index contributed by atoms with van der Waals surface area (Å²) in [5, 5.41) is 0. The fourth-order valence-electron chi connectivity index (χ4n) is 0.656. The van der Waals surface area contributed by atoms with E-state index < -0.39 is 0 Å². The highest BCUT2D eigenvalue weighted by Crippen LogP contribution is 1.89. The van der Waals surface area contributed by atoms with Crippen molar-refractivity contribution in [2.45, 2.75) is 19.4 Å². The highest BCUT2D eigenvalue weighted by molar-refractivity contribution is 4.84. The van der Waals surface area contributed by atoms with Crippen molar-refractivity contribution in [2.75, 3.05) is 0 Å². The van der Waals surface area contributed by atoms with Crippen molar-refractivity contribution >= 4 is 0 Å². The predicted molar refractivity (Wildman–Crippen MR) is 37.2 cm³/mol. The van der Waals surface area contributed by atoms with Crippen LogP contribution in [0.25, 0.3) is 0 Å². The maximum atomic E-state index is 5.52. The molecule has 4 heteroatoms. The fourth-order valence-corrected chi connectivity index (χ4v) is 0.656. The molecule has 0 aliphatic rings. The molecule has 0 bridgehead atoms. The van der Waals surface area contributed by atoms with Gasteiger partial charge in [-0.3, -0.25) is 0 Å². The summed E-state index contributed by atoms with van der Waals surface area (Å²) in [4.78, 5) is 11.5. The Hall–Kier alpha value is -1.03. The summed E-state index contributed by atoms with van der Waals surface area (Å²) < 4.78 is 0. The molecule has 0 aromatic carbocycles. The molecular formula is C6H10N4. The highest BCUT2D eigenvalue weighted by atomic mass is 15.0. The molecule has 2 N–H and O–H groups in total. The topological polar surface area (TPSA) is 64.7 Å². The standard InChI is InChI=1S/C6H10N4/c1-5(7)2-6-9-3-8-4-10-6/h3-5H,2,7H2,1H3. The van der Waals surface area contributed by atoms with E-state index in [4.69, 9.17) is 5.73 Å². The maximum absolute atomic E-state index is 5.52. The van der Waals surface area contributed by atoms with Gasteiger partial charge >= 0.3 is 0 Å². The van der Waals surface area contributed by atoms with E-state index >= 15 is 0 Å². The Kier molecular flexibility index (Phi) is 2.28. The van der Waals surface area contributed by atoms with E-state index in [1.807, 2.05) is 6.92 Å². The van der Waals surface area contributed by atoms with Gasteiger partial charge in [-0.1, -0.05) is 0 Å². The summed E-state index contributed by atoms with van der Waals surface area (Å²) in [5.74, 6) is 0.755. The van der Waals surface area contributed by atoms with E-state index in [1.54, 1.807) is 0 Å². The van der Waals surface area contributed by atoms with Crippen molar-refractivity contribution in [3.8, 4) is 0 Å². The van der Waals surface area contributed by atoms with Crippen LogP contribution in [0.3, 0.4) is 0 Å². The Morgan fingerprint density at radius 2 is 2.10 bits per heavy atom. The van der Waals surface area contributed by atoms with Crippen LogP contribution in [0, 0.1) is 0 Å². The van der Waals surface area contributed by atoms with Crippen LogP contribution >= 0.6 is 0 Å². The molecule has 0 amide bonds. The molecule has 0 aliphatic carbocycles. The van der Waals surface area contributed by atoms with Crippen molar-refractivity contribution in [1.82, 2.24) is 15.0 Å². The van der Waals surface area contributed by atoms with E-state index in [0.717, 1.165) is 5.82 Å². The summed E-state index contributed by atoms with van der Waals surface area (Å²) in [6.45, 7) is 1.92. The number of aromatic nitrogens is 3. The van der Waals surface area contributed by atoms with E-state index in [9.17, 15) is 0 Å². The summed E-state index contributed by atoms with van der Waals surface area (Å²) in [6.07, 6.45) is 3.66. The van der Waals surface area contributed by atoms with Crippen LogP contribution < -0.4 is 5.73 Å². The van der Waals surface area contributed by atoms with Gasteiger partial charge in [0, 0.05) is 12.5 Å². The van der Waals surface area contributed by atoms with Crippen molar-refractivity contribution in [1.29, 1.82) is 0 Å². The lowest BCUT2D eigenvalue weighted by molar-refractivity contribution is 0.696. The second-order valence-corrected chi connectivity index (χ2v) is 2.24. The third kappa shape index (κ3) is 2.06. The lowest BCUT2D eigenvalue weighted by atomic mass is 10.2. The van der Waals surface area contributed by atoms with E-state index in [-0.39, 0.29) is 6.04 Å². The molecular weight excluding hydrogens is 128 g/mol. The molecule has 0 aliphatic heterocycles. The zero-order valence-corrected chi connectivity index (χ0v) is 5.86. The van der Waals surface area contributed by atoms with Crippen LogP contribution in [-0.4, -0.2) is 21.0 Å². The molecule has 0 saturated carbocycles. The van der Waals surface area contributed by atoms with Crippen molar-refractivity contribution in [2.24, 2.45) is 5.73 Å². The Morgan fingerprint density at radius 3 is 2.60 bits per heavy atom. The molecule has 0 spiro atoms. The van der Waals surface area contributed by atoms with Gasteiger partial charge in [0.2, 0.25) is 0 Å². The van der Waals surface area contributed by atoms with E-state index in [1.165, 1.54) is 12.7 Å². The van der Waals surface area contributed by atoms with Crippen LogP contribution in [0.1, 0.15) is 12.7 Å². The molecule has 1 aromatic rings. The number of nitrogens with two attached hydrogens (primary N) is 1. The third-order valence-corrected chi connectivity index (χ3v) is 1.05. The van der Waals surface area contributed by atoms with Crippen molar-refractivity contribution < 1.29 is 0 Å². The number of rotatable bonds is 2. The second kappa shape index (κ2) is 3.22. The molecule has 54 valence electrons. The summed E-state index contributed by atoms with van der Waals surface area (Å²) in [7, 11) is 0. The van der Waals surface area contributed by atoms with Crippen LogP contribution in [-0.2, 0) is 6.42 Å². The average Bonchev–Trinajstić information content (AvgIpc) is 1.88. The van der Waals surface area contributed by atoms with Crippen molar-refractivity contribution in [3.05, 3.63) is 18.5 Å². The third-order valence-electron chi connectivity index (χ3n) is 1.05. The van der Waals surface area contributed by atoms with E-state index in [0.29, 0.717) is 6.42 Å². The summed E-state index contributed by atoms with van der Waals surface area (Å²) in [5.41, 5.74) is 5.52. The zero-order valence-electron chi connectivity index (χ0n) is 5.86. The molecule has 0 radical (unpaired) electrons. The minimum atomic E-state index is 0.113. The minimum Gasteiger partial charge on any atom is -0.328 e. The molecule has 1 atom stereocenters. The first-order valence-corrected chi connectivity index (χ1v) is 3.15. The molecule has 4 nitrogen and oxygen atoms in total. The lowest BCUT2D eigenvalue weighted by Gasteiger charge is -2.00. The number of nitrogens with zero attached hydrogens (tertiary/aromatic N) is 3. The smallest absolute Gasteiger partial charge is 0.133 e. The SMILES string of the molecule is CC(N)Cc1ncncn1. The van der Waals surface area contributed by atoms with Gasteiger partial charge in [-0.2, -0.15) is 0 Å². The quantitative estimate of drug-likeness (QED) is 0.612. The van der Waals surface area contributed by atoms with Gasteiger partial charge in [0.15, 0.2) is 0 Å². The molecule has 1 heterocycles. The van der Waals surface area contributed by atoms with Crippen LogP contribution in [0.5, 0.6) is 0 Å². The molecule has 1 rings (SSSR count). The van der Waals surface area contributed by atoms with Crippen molar-refractivity contribution in [3.63, 3.8) is 0 Å². The Morgan fingerprint density at radius 1 is 1.50 bits per heavy atom. The predicted octanol–water partition coefficient (Wildman–Crippen LogP) is -0.239. The summed E-state index contributed by atoms with van der Waals surface area (Å²) >= 11 is 0. The van der Waals surface area contributed by atoms with Crippen LogP contribution in [0.2, 0.25) is 0 Å². The molecule has 10 heavy (non-hydrogen) atoms. The number of hydrogen-bond acceptors (Lipinski definition) is 4. The average molecular weight is 138 g/mol. The minimum absolute atomic E-state index is 0.113. The molecule has 0 fully saturated rings. The van der Waals surface area contributed by atoms with Gasteiger partial charge < -0.3 is 5.73 Å². The zero-order chi connectivity index (χ0) is 7.40. The maximum Gasteiger partial charge on any atom is 0.133 e. The molecule has 0 saturated heterocycles. The fraction of sp³-hybridized carbons (Fsp3) is 0.500. The normalized spacial score (nSPS) is 13.0. The van der Waals surface area contributed by atoms with Crippen LogP contribution in [0.15, 0.2) is 12.7 Å². The summed E-state index contributed by atoms with van der Waals surface area (Å²) in [6, 6.07) is 0.113. The first-order valence-electron chi connectivity index (χ1n) is 3.15. The first-order chi connectivity index (χ1) is 4.79. The van der Waals surface area contributed by atoms with E-state index in [2.05, 4.69) is 15.0 Å². The molecule has 1 unspecified atom stereocenters. The van der Waals surface area contributed by atoms with Gasteiger partial charge in [0.05, 0.1) is 0 Å². The Labute approximate surface area is 59.5 Å². The van der Waals surface area contributed by atoms with Gasteiger partial charge in [-0.25, -0.2) is 15.0 Å².